The van der Waals surface area contributed by atoms with Crippen molar-refractivity contribution in [2.75, 3.05) is 7.11 Å². The quantitative estimate of drug-likeness (QED) is 0.722. The molecule has 0 bridgehead atoms. The Balaban J connectivity index is 2.82. The molecule has 0 aromatic carbocycles. The van der Waals surface area contributed by atoms with Crippen LogP contribution in [0.1, 0.15) is 40.5 Å². The summed E-state index contributed by atoms with van der Waals surface area (Å²) in [5.74, 6) is 0. The van der Waals surface area contributed by atoms with E-state index in [1.807, 2.05) is 0 Å². The fourth-order valence-electron chi connectivity index (χ4n) is 2.47. The Labute approximate surface area is 102 Å². The molecule has 1 fully saturated rings. The Hall–Kier alpha value is 0.0300. The van der Waals surface area contributed by atoms with Crippen molar-refractivity contribution >= 4 is 7.82 Å². The van der Waals surface area contributed by atoms with Crippen molar-refractivity contribution in [1.82, 2.24) is 5.06 Å². The van der Waals surface area contributed by atoms with Gasteiger partial charge in [0, 0.05) is 18.2 Å². The molecule has 0 N–H and O–H groups in total. The van der Waals surface area contributed by atoms with Crippen LogP contribution in [0.25, 0.3) is 0 Å². The van der Waals surface area contributed by atoms with Crippen LogP contribution in [-0.4, -0.2) is 29.4 Å². The lowest BCUT2D eigenvalue weighted by Gasteiger charge is -2.50. The summed E-state index contributed by atoms with van der Waals surface area (Å²) in [5.41, 5.74) is -1.31. The molecule has 7 heteroatoms. The summed E-state index contributed by atoms with van der Waals surface area (Å²) in [4.78, 5) is 11.3. The molecule has 1 rings (SSSR count). The number of hydrogen-bond acceptors (Lipinski definition) is 5. The molecule has 0 spiro atoms. The lowest BCUT2D eigenvalue weighted by atomic mass is 9.80. The van der Waals surface area contributed by atoms with Crippen molar-refractivity contribution in [3.8, 4) is 0 Å². The first-order valence-corrected chi connectivity index (χ1v) is 6.99. The van der Waals surface area contributed by atoms with E-state index < -0.39 is 25.0 Å². The van der Waals surface area contributed by atoms with Crippen molar-refractivity contribution in [3.05, 3.63) is 0 Å². The predicted molar refractivity (Wildman–Crippen MR) is 59.4 cm³/mol. The first kappa shape index (κ1) is 15.1. The van der Waals surface area contributed by atoms with Crippen molar-refractivity contribution < 1.29 is 23.7 Å². The molecule has 1 radical (unpaired) electrons. The summed E-state index contributed by atoms with van der Waals surface area (Å²) < 4.78 is 20.5. The standard InChI is InChI=1S/C10H21NO5P/c1-9(2)6-8(16-17(13,14)15-5)7-10(3,4)11(9)12/h8H,6-7H2,1-5H3,(H,13,14)/p-1. The Morgan fingerprint density at radius 2 is 1.65 bits per heavy atom. The first-order chi connectivity index (χ1) is 7.50. The van der Waals surface area contributed by atoms with Crippen LogP contribution in [0, 0.1) is 0 Å². The zero-order chi connectivity index (χ0) is 13.5. The zero-order valence-electron chi connectivity index (χ0n) is 10.9. The molecule has 0 aromatic rings. The monoisotopic (exact) mass is 265 g/mol. The highest BCUT2D eigenvalue weighted by molar-refractivity contribution is 7.45. The molecule has 0 saturated carbocycles. The van der Waals surface area contributed by atoms with Crippen LogP contribution < -0.4 is 4.89 Å². The van der Waals surface area contributed by atoms with Gasteiger partial charge in [0.2, 0.25) is 0 Å². The minimum absolute atomic E-state index is 0.357. The highest BCUT2D eigenvalue weighted by atomic mass is 31.2. The van der Waals surface area contributed by atoms with E-state index in [4.69, 9.17) is 4.52 Å². The molecule has 1 saturated heterocycles. The summed E-state index contributed by atoms with van der Waals surface area (Å²) in [5, 5.41) is 13.0. The summed E-state index contributed by atoms with van der Waals surface area (Å²) >= 11 is 0. The zero-order valence-corrected chi connectivity index (χ0v) is 11.8. The minimum atomic E-state index is -4.24. The highest BCUT2D eigenvalue weighted by Crippen LogP contribution is 2.46. The molecule has 1 unspecified atom stereocenters. The van der Waals surface area contributed by atoms with E-state index in [0.717, 1.165) is 12.2 Å². The van der Waals surface area contributed by atoms with Crippen molar-refractivity contribution in [2.24, 2.45) is 0 Å². The molecule has 1 heterocycles. The average Bonchev–Trinajstić information content (AvgIpc) is 2.12. The maximum atomic E-state index is 12.0. The Morgan fingerprint density at radius 1 is 1.24 bits per heavy atom. The molecule has 0 aromatic heterocycles. The Bertz CT molecular complexity index is 313. The van der Waals surface area contributed by atoms with Gasteiger partial charge in [0.25, 0.3) is 7.82 Å². The number of piperidine rings is 1. The number of rotatable bonds is 3. The molecule has 0 amide bonds. The smallest absolute Gasteiger partial charge is 0.267 e. The van der Waals surface area contributed by atoms with Crippen LogP contribution in [0.5, 0.6) is 0 Å². The number of phosphoric ester groups is 1. The van der Waals surface area contributed by atoms with Crippen LogP contribution in [0.15, 0.2) is 0 Å². The fraction of sp³-hybridized carbons (Fsp3) is 1.00. The highest BCUT2D eigenvalue weighted by Gasteiger charge is 2.47. The van der Waals surface area contributed by atoms with Crippen LogP contribution in [0.4, 0.5) is 0 Å². The number of hydrogen-bond donors (Lipinski definition) is 0. The summed E-state index contributed by atoms with van der Waals surface area (Å²) in [6.45, 7) is 7.11. The predicted octanol–water partition coefficient (Wildman–Crippen LogP) is 1.48. The third kappa shape index (κ3) is 3.50. The van der Waals surface area contributed by atoms with Crippen LogP contribution in [0.3, 0.4) is 0 Å². The molecule has 1 aliphatic rings. The van der Waals surface area contributed by atoms with E-state index in [1.165, 1.54) is 0 Å². The van der Waals surface area contributed by atoms with Gasteiger partial charge < -0.3 is 13.9 Å². The van der Waals surface area contributed by atoms with Gasteiger partial charge >= 0.3 is 0 Å². The van der Waals surface area contributed by atoms with E-state index >= 15 is 0 Å². The molecule has 1 atom stereocenters. The van der Waals surface area contributed by atoms with E-state index in [-0.39, 0.29) is 0 Å². The number of phosphoric acid groups is 1. The molecule has 6 nitrogen and oxygen atoms in total. The van der Waals surface area contributed by atoms with Crippen LogP contribution in [-0.2, 0) is 18.8 Å². The fourth-order valence-corrected chi connectivity index (χ4v) is 3.07. The second kappa shape index (κ2) is 4.61. The number of nitrogens with zero attached hydrogens (tertiary/aromatic N) is 1. The van der Waals surface area contributed by atoms with E-state index in [0.29, 0.717) is 12.8 Å². The van der Waals surface area contributed by atoms with E-state index in [1.54, 1.807) is 27.7 Å². The summed E-state index contributed by atoms with van der Waals surface area (Å²) in [6, 6.07) is 0. The van der Waals surface area contributed by atoms with Gasteiger partial charge in [-0.1, -0.05) is 0 Å². The second-order valence-corrected chi connectivity index (χ2v) is 7.16. The third-order valence-corrected chi connectivity index (χ3v) is 4.06. The first-order valence-electron chi connectivity index (χ1n) is 5.53. The van der Waals surface area contributed by atoms with Crippen LogP contribution in [0.2, 0.25) is 0 Å². The van der Waals surface area contributed by atoms with Gasteiger partial charge in [0.15, 0.2) is 0 Å². The normalized spacial score (nSPS) is 28.9. The van der Waals surface area contributed by atoms with Gasteiger partial charge in [-0.15, -0.1) is 10.3 Å². The Kier molecular flexibility index (Phi) is 4.09. The van der Waals surface area contributed by atoms with Crippen LogP contribution >= 0.6 is 7.82 Å². The van der Waals surface area contributed by atoms with Gasteiger partial charge in [0.1, 0.15) is 0 Å². The minimum Gasteiger partial charge on any atom is -0.756 e. The summed E-state index contributed by atoms with van der Waals surface area (Å²) in [6.07, 6.45) is 0.193. The third-order valence-electron chi connectivity index (χ3n) is 3.06. The van der Waals surface area contributed by atoms with E-state index in [2.05, 4.69) is 4.52 Å². The molecule has 17 heavy (non-hydrogen) atoms. The van der Waals surface area contributed by atoms with Gasteiger partial charge in [-0.25, -0.2) is 0 Å². The van der Waals surface area contributed by atoms with Gasteiger partial charge in [-0.2, -0.15) is 0 Å². The maximum Gasteiger partial charge on any atom is 0.267 e. The second-order valence-electron chi connectivity index (χ2n) is 5.68. The maximum absolute atomic E-state index is 12.0. The lowest BCUT2D eigenvalue weighted by Crippen LogP contribution is -2.59. The number of hydroxylamine groups is 2. The van der Waals surface area contributed by atoms with Gasteiger partial charge in [0.05, 0.1) is 6.10 Å². The molecular weight excluding hydrogens is 245 g/mol. The van der Waals surface area contributed by atoms with Crippen molar-refractivity contribution in [1.29, 1.82) is 0 Å². The van der Waals surface area contributed by atoms with Gasteiger partial charge in [-0.3, -0.25) is 4.57 Å². The molecule has 0 aliphatic carbocycles. The average molecular weight is 265 g/mol. The summed E-state index contributed by atoms with van der Waals surface area (Å²) in [7, 11) is -3.18. The van der Waals surface area contributed by atoms with Crippen molar-refractivity contribution in [3.63, 3.8) is 0 Å². The molecule has 1 aliphatic heterocycles. The Morgan fingerprint density at radius 3 is 2.00 bits per heavy atom. The SMILES string of the molecule is COP(=O)([O-])OC1CC(C)(C)N([O])C(C)(C)C1. The largest absolute Gasteiger partial charge is 0.756 e. The molecule has 101 valence electrons. The van der Waals surface area contributed by atoms with Gasteiger partial charge in [-0.05, 0) is 40.5 Å². The van der Waals surface area contributed by atoms with E-state index in [9.17, 15) is 14.7 Å². The lowest BCUT2D eigenvalue weighted by molar-refractivity contribution is -0.301. The topological polar surface area (TPSA) is 81.7 Å². The molecular formula is C10H20NO5P-. The van der Waals surface area contributed by atoms with Crippen molar-refractivity contribution in [2.45, 2.75) is 57.7 Å².